The standard InChI is InChI=1S/C21H19N5O/c1-14-18(15(2)26(25-14)16-8-4-3-5-9-16)13-23-24-21(27)19-12-22-20-11-7-6-10-17(19)20/h3-13,22H,1-2H3,(H,24,27)/b23-13+. The van der Waals surface area contributed by atoms with Crippen LogP contribution in [0.3, 0.4) is 0 Å². The summed E-state index contributed by atoms with van der Waals surface area (Å²) in [6, 6.07) is 17.6. The van der Waals surface area contributed by atoms with Gasteiger partial charge in [0.1, 0.15) is 0 Å². The molecule has 0 bridgehead atoms. The minimum absolute atomic E-state index is 0.255. The van der Waals surface area contributed by atoms with E-state index in [1.165, 1.54) is 0 Å². The molecule has 0 saturated carbocycles. The Morgan fingerprint density at radius 2 is 1.85 bits per heavy atom. The molecule has 2 N–H and O–H groups in total. The molecule has 6 nitrogen and oxygen atoms in total. The maximum atomic E-state index is 12.4. The number of hydrazone groups is 1. The molecule has 0 atom stereocenters. The molecular weight excluding hydrogens is 338 g/mol. The first-order chi connectivity index (χ1) is 13.1. The zero-order chi connectivity index (χ0) is 18.8. The summed E-state index contributed by atoms with van der Waals surface area (Å²) in [5, 5.41) is 9.59. The number of hydrogen-bond donors (Lipinski definition) is 2. The normalized spacial score (nSPS) is 11.3. The molecule has 0 radical (unpaired) electrons. The lowest BCUT2D eigenvalue weighted by Gasteiger charge is -2.03. The molecule has 1 amide bonds. The van der Waals surface area contributed by atoms with E-state index in [9.17, 15) is 4.79 Å². The van der Waals surface area contributed by atoms with Crippen molar-refractivity contribution < 1.29 is 4.79 Å². The highest BCUT2D eigenvalue weighted by atomic mass is 16.2. The third kappa shape index (κ3) is 3.13. The van der Waals surface area contributed by atoms with E-state index in [2.05, 4.69) is 20.6 Å². The Morgan fingerprint density at radius 1 is 1.11 bits per heavy atom. The largest absolute Gasteiger partial charge is 0.360 e. The number of aromatic nitrogens is 3. The number of rotatable bonds is 4. The van der Waals surface area contributed by atoms with Gasteiger partial charge in [-0.15, -0.1) is 0 Å². The zero-order valence-electron chi connectivity index (χ0n) is 15.1. The molecule has 0 saturated heterocycles. The fraction of sp³-hybridized carbons (Fsp3) is 0.0952. The molecule has 0 aliphatic carbocycles. The molecule has 0 aliphatic rings. The molecular formula is C21H19N5O. The minimum atomic E-state index is -0.255. The minimum Gasteiger partial charge on any atom is -0.360 e. The number of para-hydroxylation sites is 2. The Bertz CT molecular complexity index is 1140. The van der Waals surface area contributed by atoms with Crippen molar-refractivity contribution in [2.24, 2.45) is 5.10 Å². The molecule has 27 heavy (non-hydrogen) atoms. The lowest BCUT2D eigenvalue weighted by Crippen LogP contribution is -2.17. The predicted octanol–water partition coefficient (Wildman–Crippen LogP) is 3.73. The van der Waals surface area contributed by atoms with Gasteiger partial charge in [-0.05, 0) is 32.0 Å². The monoisotopic (exact) mass is 357 g/mol. The Hall–Kier alpha value is -3.67. The number of benzene rings is 2. The second-order valence-corrected chi connectivity index (χ2v) is 6.28. The van der Waals surface area contributed by atoms with Gasteiger partial charge in [0.05, 0.1) is 28.9 Å². The molecule has 134 valence electrons. The molecule has 4 rings (SSSR count). The van der Waals surface area contributed by atoms with Crippen LogP contribution in [-0.2, 0) is 0 Å². The Balaban J connectivity index is 1.55. The molecule has 2 aromatic heterocycles. The second kappa shape index (κ2) is 6.92. The van der Waals surface area contributed by atoms with Crippen LogP contribution in [0.5, 0.6) is 0 Å². The van der Waals surface area contributed by atoms with Crippen LogP contribution in [0.25, 0.3) is 16.6 Å². The van der Waals surface area contributed by atoms with Crippen LogP contribution in [0, 0.1) is 13.8 Å². The van der Waals surface area contributed by atoms with Gasteiger partial charge in [0, 0.05) is 22.7 Å². The Kier molecular flexibility index (Phi) is 4.30. The predicted molar refractivity (Wildman–Crippen MR) is 106 cm³/mol. The van der Waals surface area contributed by atoms with Crippen molar-refractivity contribution in [1.29, 1.82) is 0 Å². The molecule has 0 spiro atoms. The highest BCUT2D eigenvalue weighted by molar-refractivity contribution is 6.06. The topological polar surface area (TPSA) is 75.1 Å². The number of aromatic amines is 1. The van der Waals surface area contributed by atoms with Crippen molar-refractivity contribution in [3.63, 3.8) is 0 Å². The van der Waals surface area contributed by atoms with Crippen molar-refractivity contribution in [3.05, 3.63) is 83.3 Å². The van der Waals surface area contributed by atoms with E-state index in [1.807, 2.05) is 73.1 Å². The van der Waals surface area contributed by atoms with Crippen LogP contribution >= 0.6 is 0 Å². The summed E-state index contributed by atoms with van der Waals surface area (Å²) in [7, 11) is 0. The zero-order valence-corrected chi connectivity index (χ0v) is 15.1. The van der Waals surface area contributed by atoms with E-state index < -0.39 is 0 Å². The molecule has 2 heterocycles. The van der Waals surface area contributed by atoms with E-state index >= 15 is 0 Å². The summed E-state index contributed by atoms with van der Waals surface area (Å²) < 4.78 is 1.87. The number of nitrogens with zero attached hydrogens (tertiary/aromatic N) is 3. The summed E-state index contributed by atoms with van der Waals surface area (Å²) in [6.45, 7) is 3.91. The summed E-state index contributed by atoms with van der Waals surface area (Å²) in [6.07, 6.45) is 3.34. The first-order valence-electron chi connectivity index (χ1n) is 8.66. The molecule has 6 heteroatoms. The number of amides is 1. The molecule has 4 aromatic rings. The van der Waals surface area contributed by atoms with E-state index in [0.29, 0.717) is 5.56 Å². The van der Waals surface area contributed by atoms with Crippen molar-refractivity contribution in [1.82, 2.24) is 20.2 Å². The Labute approximate surface area is 156 Å². The van der Waals surface area contributed by atoms with Crippen molar-refractivity contribution in [2.75, 3.05) is 0 Å². The first-order valence-corrected chi connectivity index (χ1v) is 8.66. The molecule has 0 fully saturated rings. The number of aryl methyl sites for hydroxylation is 1. The van der Waals surface area contributed by atoms with Crippen LogP contribution in [0.4, 0.5) is 0 Å². The van der Waals surface area contributed by atoms with Gasteiger partial charge in [0.25, 0.3) is 5.91 Å². The lowest BCUT2D eigenvalue weighted by molar-refractivity contribution is 0.0957. The maximum absolute atomic E-state index is 12.4. The average Bonchev–Trinajstić information content (AvgIpc) is 3.24. The summed E-state index contributed by atoms with van der Waals surface area (Å²) >= 11 is 0. The number of fused-ring (bicyclic) bond motifs is 1. The lowest BCUT2D eigenvalue weighted by atomic mass is 10.2. The van der Waals surface area contributed by atoms with Crippen LogP contribution in [0.1, 0.15) is 27.3 Å². The van der Waals surface area contributed by atoms with Crippen LogP contribution < -0.4 is 5.43 Å². The van der Waals surface area contributed by atoms with Gasteiger partial charge in [0.2, 0.25) is 0 Å². The quantitative estimate of drug-likeness (QED) is 0.431. The highest BCUT2D eigenvalue weighted by Gasteiger charge is 2.13. The number of H-pyrrole nitrogens is 1. The fourth-order valence-electron chi connectivity index (χ4n) is 3.14. The smallest absolute Gasteiger partial charge is 0.273 e. The van der Waals surface area contributed by atoms with Gasteiger partial charge < -0.3 is 4.98 Å². The fourth-order valence-corrected chi connectivity index (χ4v) is 3.14. The van der Waals surface area contributed by atoms with Crippen molar-refractivity contribution >= 4 is 23.0 Å². The average molecular weight is 357 g/mol. The number of nitrogens with one attached hydrogen (secondary N) is 2. The van der Waals surface area contributed by atoms with E-state index in [1.54, 1.807) is 12.4 Å². The van der Waals surface area contributed by atoms with Crippen molar-refractivity contribution in [2.45, 2.75) is 13.8 Å². The third-order valence-corrected chi connectivity index (χ3v) is 4.54. The van der Waals surface area contributed by atoms with Gasteiger partial charge in [-0.25, -0.2) is 10.1 Å². The SMILES string of the molecule is Cc1nn(-c2ccccc2)c(C)c1/C=N/NC(=O)c1c[nH]c2ccccc12. The highest BCUT2D eigenvalue weighted by Crippen LogP contribution is 2.18. The van der Waals surface area contributed by atoms with E-state index in [-0.39, 0.29) is 5.91 Å². The third-order valence-electron chi connectivity index (χ3n) is 4.54. The number of hydrogen-bond acceptors (Lipinski definition) is 3. The molecule has 0 unspecified atom stereocenters. The van der Waals surface area contributed by atoms with Gasteiger partial charge in [0.15, 0.2) is 0 Å². The number of carbonyl (C=O) groups is 1. The van der Waals surface area contributed by atoms with E-state index in [0.717, 1.165) is 33.5 Å². The van der Waals surface area contributed by atoms with E-state index in [4.69, 9.17) is 0 Å². The van der Waals surface area contributed by atoms with Gasteiger partial charge >= 0.3 is 0 Å². The summed E-state index contributed by atoms with van der Waals surface area (Å²) in [5.74, 6) is -0.255. The summed E-state index contributed by atoms with van der Waals surface area (Å²) in [5.41, 5.74) is 7.77. The summed E-state index contributed by atoms with van der Waals surface area (Å²) in [4.78, 5) is 15.5. The first kappa shape index (κ1) is 16.8. The van der Waals surface area contributed by atoms with Gasteiger partial charge in [-0.1, -0.05) is 36.4 Å². The van der Waals surface area contributed by atoms with Crippen LogP contribution in [0.2, 0.25) is 0 Å². The second-order valence-electron chi connectivity index (χ2n) is 6.28. The van der Waals surface area contributed by atoms with Crippen LogP contribution in [0.15, 0.2) is 65.9 Å². The van der Waals surface area contributed by atoms with Gasteiger partial charge in [-0.3, -0.25) is 4.79 Å². The molecule has 0 aliphatic heterocycles. The maximum Gasteiger partial charge on any atom is 0.273 e. The Morgan fingerprint density at radius 3 is 2.67 bits per heavy atom. The van der Waals surface area contributed by atoms with Crippen molar-refractivity contribution in [3.8, 4) is 5.69 Å². The molecule has 2 aromatic carbocycles. The van der Waals surface area contributed by atoms with Gasteiger partial charge in [-0.2, -0.15) is 10.2 Å². The van der Waals surface area contributed by atoms with Crippen LogP contribution in [-0.4, -0.2) is 26.9 Å². The number of carbonyl (C=O) groups excluding carboxylic acids is 1.